The highest BCUT2D eigenvalue weighted by Gasteiger charge is 2.31. The molecule has 1 aliphatic rings. The molecular weight excluding hydrogens is 280 g/mol. The molecule has 1 N–H and O–H groups in total. The van der Waals surface area contributed by atoms with E-state index in [1.807, 2.05) is 37.4 Å². The van der Waals surface area contributed by atoms with Gasteiger partial charge >= 0.3 is 0 Å². The average molecular weight is 302 g/mol. The van der Waals surface area contributed by atoms with Gasteiger partial charge in [0.05, 0.1) is 17.3 Å². The topological polar surface area (TPSA) is 59.2 Å². The normalized spacial score (nSPS) is 31.1. The van der Waals surface area contributed by atoms with Crippen molar-refractivity contribution in [3.8, 4) is 0 Å². The molecule has 0 aliphatic carbocycles. The fraction of sp³-hybridized carbons (Fsp3) is 0.846. The number of aliphatic hydroxyl groups is 1. The summed E-state index contributed by atoms with van der Waals surface area (Å²) < 4.78 is 5.32. The van der Waals surface area contributed by atoms with E-state index in [1.54, 1.807) is 0 Å². The summed E-state index contributed by atoms with van der Waals surface area (Å²) in [4.78, 5) is 4.49. The molecule has 108 valence electrons. The van der Waals surface area contributed by atoms with Crippen LogP contribution in [0.15, 0.2) is 4.52 Å². The lowest BCUT2D eigenvalue weighted by molar-refractivity contribution is 0.129. The molecule has 1 aliphatic heterocycles. The first-order valence-electron chi connectivity index (χ1n) is 6.81. The molecule has 5 unspecified atom stereocenters. The zero-order valence-electron chi connectivity index (χ0n) is 11.9. The summed E-state index contributed by atoms with van der Waals surface area (Å²) in [6.45, 7) is 8.40. The second-order valence-electron chi connectivity index (χ2n) is 5.12. The molecule has 0 bridgehead atoms. The van der Waals surface area contributed by atoms with Crippen LogP contribution in [0.3, 0.4) is 0 Å². The van der Waals surface area contributed by atoms with E-state index in [9.17, 15) is 5.11 Å². The van der Waals surface area contributed by atoms with Crippen LogP contribution in [-0.2, 0) is 0 Å². The first-order valence-corrected chi connectivity index (χ1v) is 8.80. The van der Waals surface area contributed by atoms with Gasteiger partial charge in [-0.25, -0.2) is 0 Å². The van der Waals surface area contributed by atoms with Gasteiger partial charge in [-0.1, -0.05) is 32.9 Å². The van der Waals surface area contributed by atoms with E-state index in [2.05, 4.69) is 24.0 Å². The van der Waals surface area contributed by atoms with Gasteiger partial charge in [-0.15, -0.1) is 11.8 Å². The lowest BCUT2D eigenvalue weighted by atomic mass is 10.0. The Morgan fingerprint density at radius 3 is 2.79 bits per heavy atom. The maximum Gasteiger partial charge on any atom is 0.232 e. The van der Waals surface area contributed by atoms with Crippen molar-refractivity contribution in [3.05, 3.63) is 11.7 Å². The molecule has 5 atom stereocenters. The van der Waals surface area contributed by atoms with Crippen LogP contribution in [0.2, 0.25) is 0 Å². The Kier molecular flexibility index (Phi) is 5.20. The fourth-order valence-corrected chi connectivity index (χ4v) is 4.83. The average Bonchev–Trinajstić information content (AvgIpc) is 2.89. The smallest absolute Gasteiger partial charge is 0.232 e. The van der Waals surface area contributed by atoms with Crippen LogP contribution >= 0.6 is 23.5 Å². The maximum atomic E-state index is 9.84. The summed E-state index contributed by atoms with van der Waals surface area (Å²) in [5, 5.41) is 15.5. The molecule has 2 heterocycles. The maximum absolute atomic E-state index is 9.84. The number of aliphatic hydroxyl groups excluding tert-OH is 1. The Labute approximate surface area is 123 Å². The number of hydrogen-bond acceptors (Lipinski definition) is 6. The molecule has 0 spiro atoms. The zero-order valence-corrected chi connectivity index (χ0v) is 13.5. The molecule has 1 fully saturated rings. The van der Waals surface area contributed by atoms with Gasteiger partial charge in [-0.3, -0.25) is 0 Å². The number of hydrogen-bond donors (Lipinski definition) is 1. The van der Waals surface area contributed by atoms with Crippen molar-refractivity contribution in [2.75, 3.05) is 5.75 Å². The molecule has 0 aromatic carbocycles. The molecule has 1 saturated heterocycles. The van der Waals surface area contributed by atoms with Crippen molar-refractivity contribution in [2.45, 2.75) is 61.9 Å². The second-order valence-corrected chi connectivity index (χ2v) is 8.12. The number of nitrogens with zero attached hydrogens (tertiary/aromatic N) is 2. The van der Waals surface area contributed by atoms with Crippen LogP contribution in [0, 0.1) is 0 Å². The molecule has 1 aromatic rings. The quantitative estimate of drug-likeness (QED) is 0.921. The number of thioether (sulfide) groups is 2. The van der Waals surface area contributed by atoms with Crippen LogP contribution in [-0.4, -0.2) is 37.6 Å². The lowest BCUT2D eigenvalue weighted by Gasteiger charge is -2.29. The predicted molar refractivity (Wildman–Crippen MR) is 80.7 cm³/mol. The third kappa shape index (κ3) is 3.47. The number of rotatable bonds is 4. The van der Waals surface area contributed by atoms with Crippen LogP contribution in [0.4, 0.5) is 0 Å². The van der Waals surface area contributed by atoms with E-state index in [1.165, 1.54) is 0 Å². The summed E-state index contributed by atoms with van der Waals surface area (Å²) in [6, 6.07) is 0. The van der Waals surface area contributed by atoms with Crippen LogP contribution < -0.4 is 0 Å². The standard InChI is InChI=1S/C13H22N2O2S2/c1-5-10(16)7(2)13-14-12(15-17-13)11-6-18-8(3)9(4)19-11/h7-11,16H,5-6H2,1-4H3. The molecule has 1 aromatic heterocycles. The molecular formula is C13H22N2O2S2. The summed E-state index contributed by atoms with van der Waals surface area (Å²) in [6.07, 6.45) is 0.280. The Balaban J connectivity index is 2.05. The van der Waals surface area contributed by atoms with Crippen LogP contribution in [0.5, 0.6) is 0 Å². The predicted octanol–water partition coefficient (Wildman–Crippen LogP) is 3.24. The minimum atomic E-state index is -0.416. The Morgan fingerprint density at radius 1 is 1.42 bits per heavy atom. The highest BCUT2D eigenvalue weighted by Crippen LogP contribution is 2.43. The van der Waals surface area contributed by atoms with Gasteiger partial charge in [-0.2, -0.15) is 16.7 Å². The van der Waals surface area contributed by atoms with E-state index in [0.717, 1.165) is 11.6 Å². The van der Waals surface area contributed by atoms with Gasteiger partial charge in [0.1, 0.15) is 0 Å². The third-order valence-corrected chi connectivity index (χ3v) is 7.07. The summed E-state index contributed by atoms with van der Waals surface area (Å²) >= 11 is 3.88. The SMILES string of the molecule is CCC(O)C(C)c1nc(C2CSC(C)C(C)S2)no1. The third-order valence-electron chi connectivity index (χ3n) is 3.68. The first-order chi connectivity index (χ1) is 9.02. The highest BCUT2D eigenvalue weighted by atomic mass is 32.2. The van der Waals surface area contributed by atoms with Gasteiger partial charge in [-0.05, 0) is 6.42 Å². The molecule has 2 rings (SSSR count). The van der Waals surface area contributed by atoms with Crippen molar-refractivity contribution < 1.29 is 9.63 Å². The van der Waals surface area contributed by atoms with Crippen molar-refractivity contribution >= 4 is 23.5 Å². The van der Waals surface area contributed by atoms with Gasteiger partial charge in [0.15, 0.2) is 5.82 Å². The summed E-state index contributed by atoms with van der Waals surface area (Å²) in [7, 11) is 0. The van der Waals surface area contributed by atoms with E-state index < -0.39 is 6.10 Å². The van der Waals surface area contributed by atoms with Crippen molar-refractivity contribution in [3.63, 3.8) is 0 Å². The minimum Gasteiger partial charge on any atom is -0.392 e. The molecule has 0 saturated carbocycles. The fourth-order valence-electron chi connectivity index (χ4n) is 2.00. The van der Waals surface area contributed by atoms with E-state index >= 15 is 0 Å². The van der Waals surface area contributed by atoms with Gasteiger partial charge in [0, 0.05) is 16.3 Å². The lowest BCUT2D eigenvalue weighted by Crippen LogP contribution is -2.22. The Bertz CT molecular complexity index is 413. The van der Waals surface area contributed by atoms with Crippen molar-refractivity contribution in [1.29, 1.82) is 0 Å². The second kappa shape index (κ2) is 6.50. The summed E-state index contributed by atoms with van der Waals surface area (Å²) in [5.41, 5.74) is 0. The zero-order chi connectivity index (χ0) is 14.0. The van der Waals surface area contributed by atoms with Gasteiger partial charge < -0.3 is 9.63 Å². The summed E-state index contributed by atoms with van der Waals surface area (Å²) in [5.74, 6) is 2.27. The number of aromatic nitrogens is 2. The Hall–Kier alpha value is -0.200. The van der Waals surface area contributed by atoms with Crippen LogP contribution in [0.25, 0.3) is 0 Å². The molecule has 0 amide bonds. The van der Waals surface area contributed by atoms with E-state index in [0.29, 0.717) is 28.1 Å². The van der Waals surface area contributed by atoms with E-state index in [-0.39, 0.29) is 5.92 Å². The Morgan fingerprint density at radius 2 is 2.16 bits per heavy atom. The minimum absolute atomic E-state index is 0.0937. The van der Waals surface area contributed by atoms with Gasteiger partial charge in [0.25, 0.3) is 0 Å². The van der Waals surface area contributed by atoms with Crippen LogP contribution in [0.1, 0.15) is 57.0 Å². The molecule has 6 heteroatoms. The van der Waals surface area contributed by atoms with E-state index in [4.69, 9.17) is 4.52 Å². The van der Waals surface area contributed by atoms with Gasteiger partial charge in [0.2, 0.25) is 5.89 Å². The van der Waals surface area contributed by atoms with Crippen molar-refractivity contribution in [1.82, 2.24) is 10.1 Å². The largest absolute Gasteiger partial charge is 0.392 e. The molecule has 19 heavy (non-hydrogen) atoms. The van der Waals surface area contributed by atoms with Crippen molar-refractivity contribution in [2.24, 2.45) is 0 Å². The molecule has 4 nitrogen and oxygen atoms in total. The first kappa shape index (κ1) is 15.2. The molecule has 0 radical (unpaired) electrons. The highest BCUT2D eigenvalue weighted by molar-refractivity contribution is 8.07. The monoisotopic (exact) mass is 302 g/mol.